The first-order valence-corrected chi connectivity index (χ1v) is 6.27. The van der Waals surface area contributed by atoms with Gasteiger partial charge < -0.3 is 10.5 Å². The summed E-state index contributed by atoms with van der Waals surface area (Å²) in [6, 6.07) is 0. The second-order valence-electron chi connectivity index (χ2n) is 5.23. The number of nitrogens with two attached hydrogens (primary N) is 1. The Morgan fingerprint density at radius 3 is 2.29 bits per heavy atom. The van der Waals surface area contributed by atoms with Gasteiger partial charge in [0, 0.05) is 6.42 Å². The average molecular weight is 243 g/mol. The molecular formula is C13H25NO3. The zero-order chi connectivity index (χ0) is 13.5. The van der Waals surface area contributed by atoms with Gasteiger partial charge in [-0.05, 0) is 33.7 Å². The summed E-state index contributed by atoms with van der Waals surface area (Å²) >= 11 is 0. The molecule has 0 amide bonds. The smallest absolute Gasteiger partial charge is 0.316 e. The van der Waals surface area contributed by atoms with E-state index in [9.17, 15) is 9.59 Å². The first-order chi connectivity index (χ1) is 7.81. The van der Waals surface area contributed by atoms with Crippen LogP contribution in [0.4, 0.5) is 0 Å². The minimum Gasteiger partial charge on any atom is -0.459 e. The van der Waals surface area contributed by atoms with E-state index in [1.165, 1.54) is 0 Å². The first kappa shape index (κ1) is 16.1. The Balaban J connectivity index is 4.55. The fourth-order valence-electron chi connectivity index (χ4n) is 1.51. The Bertz CT molecular complexity index is 256. The molecule has 0 heterocycles. The second-order valence-corrected chi connectivity index (χ2v) is 5.23. The standard InChI is InChI=1S/C13H25NO3/c1-5-6-7-10(11(15)8-9-14)12(16)17-13(2,3)4/h10H,5-9,14H2,1-4H3. The molecular weight excluding hydrogens is 218 g/mol. The van der Waals surface area contributed by atoms with E-state index in [0.717, 1.165) is 12.8 Å². The predicted octanol–water partition coefficient (Wildman–Crippen LogP) is 2.05. The number of unbranched alkanes of at least 4 members (excludes halogenated alkanes) is 1. The molecule has 100 valence electrons. The maximum Gasteiger partial charge on any atom is 0.316 e. The van der Waals surface area contributed by atoms with Crippen LogP contribution in [-0.4, -0.2) is 23.9 Å². The Hall–Kier alpha value is -0.900. The van der Waals surface area contributed by atoms with E-state index in [-0.39, 0.29) is 18.7 Å². The molecule has 0 radical (unpaired) electrons. The fourth-order valence-corrected chi connectivity index (χ4v) is 1.51. The minimum absolute atomic E-state index is 0.102. The lowest BCUT2D eigenvalue weighted by molar-refractivity contribution is -0.162. The zero-order valence-electron chi connectivity index (χ0n) is 11.4. The van der Waals surface area contributed by atoms with E-state index in [1.54, 1.807) is 20.8 Å². The van der Waals surface area contributed by atoms with Crippen LogP contribution in [0.1, 0.15) is 53.4 Å². The van der Waals surface area contributed by atoms with E-state index in [2.05, 4.69) is 0 Å². The molecule has 0 fully saturated rings. The third kappa shape index (κ3) is 7.10. The van der Waals surface area contributed by atoms with E-state index >= 15 is 0 Å². The molecule has 0 aromatic heterocycles. The van der Waals surface area contributed by atoms with Crippen molar-refractivity contribution >= 4 is 11.8 Å². The van der Waals surface area contributed by atoms with Gasteiger partial charge >= 0.3 is 5.97 Å². The van der Waals surface area contributed by atoms with Crippen molar-refractivity contribution in [2.45, 2.75) is 59.0 Å². The van der Waals surface area contributed by atoms with Crippen molar-refractivity contribution < 1.29 is 14.3 Å². The van der Waals surface area contributed by atoms with Gasteiger partial charge in [-0.15, -0.1) is 0 Å². The van der Waals surface area contributed by atoms with Crippen molar-refractivity contribution in [3.63, 3.8) is 0 Å². The van der Waals surface area contributed by atoms with Crippen LogP contribution in [0, 0.1) is 5.92 Å². The molecule has 2 N–H and O–H groups in total. The van der Waals surface area contributed by atoms with Crippen LogP contribution in [0.2, 0.25) is 0 Å². The van der Waals surface area contributed by atoms with Gasteiger partial charge in [0.05, 0.1) is 0 Å². The number of ketones is 1. The number of carbonyl (C=O) groups is 2. The summed E-state index contributed by atoms with van der Waals surface area (Å²) in [6.07, 6.45) is 2.60. The molecule has 4 heteroatoms. The third-order valence-electron chi connectivity index (χ3n) is 2.32. The van der Waals surface area contributed by atoms with E-state index in [1.807, 2.05) is 6.92 Å². The van der Waals surface area contributed by atoms with Gasteiger partial charge in [-0.3, -0.25) is 9.59 Å². The highest BCUT2D eigenvalue weighted by Gasteiger charge is 2.29. The Morgan fingerprint density at radius 2 is 1.88 bits per heavy atom. The molecule has 17 heavy (non-hydrogen) atoms. The van der Waals surface area contributed by atoms with Crippen LogP contribution < -0.4 is 5.73 Å². The Morgan fingerprint density at radius 1 is 1.29 bits per heavy atom. The summed E-state index contributed by atoms with van der Waals surface area (Å²) in [4.78, 5) is 23.7. The van der Waals surface area contributed by atoms with Crippen molar-refractivity contribution in [1.82, 2.24) is 0 Å². The summed E-state index contributed by atoms with van der Waals surface area (Å²) in [5, 5.41) is 0. The molecule has 0 aromatic rings. The van der Waals surface area contributed by atoms with Gasteiger partial charge in [0.1, 0.15) is 17.3 Å². The molecule has 0 aliphatic carbocycles. The molecule has 0 spiro atoms. The quantitative estimate of drug-likeness (QED) is 0.549. The van der Waals surface area contributed by atoms with Gasteiger partial charge in [0.25, 0.3) is 0 Å². The van der Waals surface area contributed by atoms with Crippen LogP contribution in [0.3, 0.4) is 0 Å². The molecule has 1 atom stereocenters. The highest BCUT2D eigenvalue weighted by atomic mass is 16.6. The summed E-state index contributed by atoms with van der Waals surface area (Å²) in [6.45, 7) is 7.71. The molecule has 0 saturated carbocycles. The maximum absolute atomic E-state index is 11.9. The van der Waals surface area contributed by atoms with E-state index in [4.69, 9.17) is 10.5 Å². The van der Waals surface area contributed by atoms with Crippen LogP contribution in [0.15, 0.2) is 0 Å². The normalized spacial score (nSPS) is 13.2. The van der Waals surface area contributed by atoms with Gasteiger partial charge in [0.2, 0.25) is 0 Å². The third-order valence-corrected chi connectivity index (χ3v) is 2.32. The van der Waals surface area contributed by atoms with Crippen LogP contribution >= 0.6 is 0 Å². The largest absolute Gasteiger partial charge is 0.459 e. The molecule has 0 saturated heterocycles. The molecule has 0 aromatic carbocycles. The molecule has 0 bridgehead atoms. The van der Waals surface area contributed by atoms with E-state index in [0.29, 0.717) is 6.42 Å². The summed E-state index contributed by atoms with van der Waals surface area (Å²) in [5.41, 5.74) is 4.80. The Labute approximate surface area is 104 Å². The highest BCUT2D eigenvalue weighted by Crippen LogP contribution is 2.18. The van der Waals surface area contributed by atoms with Crippen LogP contribution in [0.5, 0.6) is 0 Å². The van der Waals surface area contributed by atoms with Gasteiger partial charge in [-0.25, -0.2) is 0 Å². The number of carbonyl (C=O) groups excluding carboxylic acids is 2. The molecule has 4 nitrogen and oxygen atoms in total. The lowest BCUT2D eigenvalue weighted by atomic mass is 9.95. The van der Waals surface area contributed by atoms with Crippen LogP contribution in [0.25, 0.3) is 0 Å². The second kappa shape index (κ2) is 7.43. The summed E-state index contributed by atoms with van der Waals surface area (Å²) < 4.78 is 5.26. The van der Waals surface area contributed by atoms with Gasteiger partial charge in [-0.2, -0.15) is 0 Å². The zero-order valence-corrected chi connectivity index (χ0v) is 11.4. The first-order valence-electron chi connectivity index (χ1n) is 6.27. The highest BCUT2D eigenvalue weighted by molar-refractivity contribution is 5.99. The van der Waals surface area contributed by atoms with Gasteiger partial charge in [0.15, 0.2) is 0 Å². The summed E-state index contributed by atoms with van der Waals surface area (Å²) in [5.74, 6) is -1.16. The van der Waals surface area contributed by atoms with Gasteiger partial charge in [-0.1, -0.05) is 19.8 Å². The fraction of sp³-hybridized carbons (Fsp3) is 0.846. The van der Waals surface area contributed by atoms with Crippen molar-refractivity contribution in [3.8, 4) is 0 Å². The lowest BCUT2D eigenvalue weighted by Crippen LogP contribution is -2.33. The number of hydrogen-bond donors (Lipinski definition) is 1. The number of hydrogen-bond acceptors (Lipinski definition) is 4. The topological polar surface area (TPSA) is 69.4 Å². The predicted molar refractivity (Wildman–Crippen MR) is 67.5 cm³/mol. The monoisotopic (exact) mass is 243 g/mol. The average Bonchev–Trinajstić information content (AvgIpc) is 2.15. The maximum atomic E-state index is 11.9. The molecule has 0 aliphatic rings. The molecule has 1 unspecified atom stereocenters. The molecule has 0 rings (SSSR count). The number of Topliss-reactive ketones (excluding diaryl/α,β-unsaturated/α-hetero) is 1. The number of esters is 1. The summed E-state index contributed by atoms with van der Waals surface area (Å²) in [7, 11) is 0. The van der Waals surface area contributed by atoms with E-state index < -0.39 is 17.5 Å². The van der Waals surface area contributed by atoms with Crippen molar-refractivity contribution in [1.29, 1.82) is 0 Å². The van der Waals surface area contributed by atoms with Crippen molar-refractivity contribution in [2.75, 3.05) is 6.54 Å². The van der Waals surface area contributed by atoms with Crippen LogP contribution in [-0.2, 0) is 14.3 Å². The molecule has 0 aliphatic heterocycles. The lowest BCUT2D eigenvalue weighted by Gasteiger charge is -2.23. The van der Waals surface area contributed by atoms with Crippen molar-refractivity contribution in [3.05, 3.63) is 0 Å². The Kier molecular flexibility index (Phi) is 7.04. The number of ether oxygens (including phenoxy) is 1. The minimum atomic E-state index is -0.641. The van der Waals surface area contributed by atoms with Crippen molar-refractivity contribution in [2.24, 2.45) is 11.7 Å². The number of rotatable bonds is 7. The SMILES string of the molecule is CCCCC(C(=O)CCN)C(=O)OC(C)(C)C.